The van der Waals surface area contributed by atoms with E-state index in [-0.39, 0.29) is 4.90 Å². The zero-order valence-electron chi connectivity index (χ0n) is 14.9. The van der Waals surface area contributed by atoms with E-state index in [1.54, 1.807) is 31.2 Å². The monoisotopic (exact) mass is 448 g/mol. The summed E-state index contributed by atoms with van der Waals surface area (Å²) in [6.45, 7) is 1.75. The van der Waals surface area contributed by atoms with Gasteiger partial charge in [-0.25, -0.2) is 8.42 Å². The summed E-state index contributed by atoms with van der Waals surface area (Å²) in [5.74, 6) is -0.594. The first-order chi connectivity index (χ1) is 12.5. The number of carbonyl (C=O) groups is 1. The Bertz CT molecular complexity index is 929. The molecule has 0 aliphatic heterocycles. The van der Waals surface area contributed by atoms with E-state index in [0.717, 1.165) is 0 Å². The Morgan fingerprint density at radius 3 is 2.15 bits per heavy atom. The fourth-order valence-corrected chi connectivity index (χ4v) is 4.94. The third-order valence-electron chi connectivity index (χ3n) is 4.02. The number of carbonyl (C=O) groups excluding carboxylic acids is 1. The van der Waals surface area contributed by atoms with E-state index in [4.69, 9.17) is 34.8 Å². The predicted octanol–water partition coefficient (Wildman–Crippen LogP) is 3.87. The van der Waals surface area contributed by atoms with Gasteiger partial charge in [0, 0.05) is 10.6 Å². The average Bonchev–Trinajstić information content (AvgIpc) is 2.59. The van der Waals surface area contributed by atoms with E-state index >= 15 is 0 Å². The number of hydrogen-bond donors (Lipinski definition) is 1. The Labute approximate surface area is 174 Å². The zero-order valence-corrected chi connectivity index (χ0v) is 18.0. The van der Waals surface area contributed by atoms with E-state index in [2.05, 4.69) is 5.32 Å². The van der Waals surface area contributed by atoms with Crippen molar-refractivity contribution in [2.75, 3.05) is 14.1 Å². The molecule has 0 saturated carbocycles. The van der Waals surface area contributed by atoms with Crippen LogP contribution >= 0.6 is 34.8 Å². The summed E-state index contributed by atoms with van der Waals surface area (Å²) in [6, 6.07) is 12.4. The third kappa shape index (κ3) is 4.76. The highest BCUT2D eigenvalue weighted by atomic mass is 35.5. The van der Waals surface area contributed by atoms with Gasteiger partial charge in [-0.3, -0.25) is 9.69 Å². The molecule has 0 radical (unpaired) electrons. The minimum absolute atomic E-state index is 0.0606. The molecule has 0 heterocycles. The van der Waals surface area contributed by atoms with Crippen LogP contribution in [0.15, 0.2) is 53.4 Å². The van der Waals surface area contributed by atoms with Crippen molar-refractivity contribution in [1.82, 2.24) is 10.2 Å². The quantitative estimate of drug-likeness (QED) is 0.537. The van der Waals surface area contributed by atoms with E-state index in [1.807, 2.05) is 0 Å². The highest BCUT2D eigenvalue weighted by Crippen LogP contribution is 2.34. The summed E-state index contributed by atoms with van der Waals surface area (Å²) in [7, 11) is -1.10. The molecule has 1 unspecified atom stereocenters. The first-order valence-electron chi connectivity index (χ1n) is 7.89. The molecule has 27 heavy (non-hydrogen) atoms. The third-order valence-corrected chi connectivity index (χ3v) is 7.65. The summed E-state index contributed by atoms with van der Waals surface area (Å²) in [5, 5.41) is 1.24. The maximum Gasteiger partial charge on any atom is 0.252 e. The number of hydrogen-bond acceptors (Lipinski definition) is 4. The number of amides is 1. The molecule has 0 fully saturated rings. The van der Waals surface area contributed by atoms with Gasteiger partial charge in [-0.1, -0.05) is 53.0 Å². The number of halogens is 3. The van der Waals surface area contributed by atoms with Crippen molar-refractivity contribution in [2.45, 2.75) is 21.7 Å². The molecule has 2 rings (SSSR count). The predicted molar refractivity (Wildman–Crippen MR) is 109 cm³/mol. The lowest BCUT2D eigenvalue weighted by atomic mass is 10.1. The normalized spacial score (nSPS) is 13.4. The highest BCUT2D eigenvalue weighted by Gasteiger charge is 2.47. The maximum atomic E-state index is 13.2. The molecule has 0 saturated heterocycles. The van der Waals surface area contributed by atoms with Crippen LogP contribution in [0.5, 0.6) is 0 Å². The van der Waals surface area contributed by atoms with Crippen LogP contribution in [-0.4, -0.2) is 43.2 Å². The number of alkyl halides is 2. The molecule has 0 aromatic heterocycles. The van der Waals surface area contributed by atoms with Gasteiger partial charge in [0.05, 0.1) is 4.90 Å². The standard InChI is InChI=1S/C18H19Cl3N2O3S/c1-12-6-4-5-7-15(12)16(24)22-17(18(20,21)23(2)3)27(25,26)14-10-8-13(19)9-11-14/h4-11,17H,1-3H3,(H,22,24). The Hall–Kier alpha value is -1.31. The van der Waals surface area contributed by atoms with Gasteiger partial charge in [-0.05, 0) is 56.9 Å². The summed E-state index contributed by atoms with van der Waals surface area (Å²) < 4.78 is 24.5. The van der Waals surface area contributed by atoms with Crippen LogP contribution in [0.25, 0.3) is 0 Å². The van der Waals surface area contributed by atoms with Gasteiger partial charge < -0.3 is 5.32 Å². The molecule has 1 amide bonds. The molecule has 1 atom stereocenters. The van der Waals surface area contributed by atoms with Crippen LogP contribution < -0.4 is 5.32 Å². The molecule has 9 heteroatoms. The lowest BCUT2D eigenvalue weighted by Crippen LogP contribution is -2.57. The van der Waals surface area contributed by atoms with Crippen molar-refractivity contribution in [1.29, 1.82) is 0 Å². The molecule has 0 aliphatic rings. The second-order valence-corrected chi connectivity index (χ2v) is 9.96. The van der Waals surface area contributed by atoms with Gasteiger partial charge in [-0.2, -0.15) is 0 Å². The Morgan fingerprint density at radius 1 is 1.07 bits per heavy atom. The molecule has 146 valence electrons. The number of benzene rings is 2. The van der Waals surface area contributed by atoms with Crippen LogP contribution in [-0.2, 0) is 9.84 Å². The van der Waals surface area contributed by atoms with Gasteiger partial charge in [0.2, 0.25) is 14.3 Å². The van der Waals surface area contributed by atoms with E-state index in [0.29, 0.717) is 16.1 Å². The van der Waals surface area contributed by atoms with Crippen molar-refractivity contribution in [2.24, 2.45) is 0 Å². The number of nitrogens with one attached hydrogen (secondary N) is 1. The number of rotatable bonds is 6. The second-order valence-electron chi connectivity index (χ2n) is 6.15. The summed E-state index contributed by atoms with van der Waals surface area (Å²) in [4.78, 5) is 14.0. The van der Waals surface area contributed by atoms with Crippen molar-refractivity contribution in [3.63, 3.8) is 0 Å². The molecule has 1 N–H and O–H groups in total. The lowest BCUT2D eigenvalue weighted by Gasteiger charge is -2.35. The topological polar surface area (TPSA) is 66.5 Å². The van der Waals surface area contributed by atoms with Gasteiger partial charge in [0.25, 0.3) is 5.91 Å². The van der Waals surface area contributed by atoms with Crippen molar-refractivity contribution in [3.8, 4) is 0 Å². The second kappa shape index (κ2) is 8.37. The smallest absolute Gasteiger partial charge is 0.252 e. The highest BCUT2D eigenvalue weighted by molar-refractivity contribution is 7.92. The van der Waals surface area contributed by atoms with Crippen LogP contribution in [0.4, 0.5) is 0 Å². The first kappa shape index (κ1) is 22.0. The van der Waals surface area contributed by atoms with Crippen LogP contribution in [0.3, 0.4) is 0 Å². The summed E-state index contributed by atoms with van der Waals surface area (Å²) in [6.07, 6.45) is 0. The fourth-order valence-electron chi connectivity index (χ4n) is 2.37. The van der Waals surface area contributed by atoms with E-state index in [9.17, 15) is 13.2 Å². The molecule has 0 bridgehead atoms. The van der Waals surface area contributed by atoms with Gasteiger partial charge in [0.1, 0.15) is 0 Å². The Kier molecular flexibility index (Phi) is 6.81. The van der Waals surface area contributed by atoms with Gasteiger partial charge in [-0.15, -0.1) is 0 Å². The summed E-state index contributed by atoms with van der Waals surface area (Å²) in [5.41, 5.74) is 1.02. The summed E-state index contributed by atoms with van der Waals surface area (Å²) >= 11 is 18.5. The molecule has 2 aromatic rings. The number of sulfone groups is 1. The minimum Gasteiger partial charge on any atom is -0.331 e. The Balaban J connectivity index is 2.51. The molecular weight excluding hydrogens is 431 g/mol. The molecule has 5 nitrogen and oxygen atoms in total. The minimum atomic E-state index is -4.13. The Morgan fingerprint density at radius 2 is 1.63 bits per heavy atom. The van der Waals surface area contributed by atoms with E-state index < -0.39 is 25.6 Å². The largest absolute Gasteiger partial charge is 0.331 e. The van der Waals surface area contributed by atoms with E-state index in [1.165, 1.54) is 43.3 Å². The zero-order chi connectivity index (χ0) is 20.4. The molecule has 0 spiro atoms. The van der Waals surface area contributed by atoms with Crippen molar-refractivity contribution >= 4 is 50.5 Å². The number of likely N-dealkylation sites (N-methyl/N-ethyl adjacent to an activating group) is 1. The SMILES string of the molecule is Cc1ccccc1C(=O)NC(C(Cl)(Cl)N(C)C)S(=O)(=O)c1ccc(Cl)cc1. The van der Waals surface area contributed by atoms with Gasteiger partial charge >= 0.3 is 0 Å². The number of aryl methyl sites for hydroxylation is 1. The average molecular weight is 450 g/mol. The van der Waals surface area contributed by atoms with Gasteiger partial charge in [0.15, 0.2) is 5.37 Å². The van der Waals surface area contributed by atoms with Crippen LogP contribution in [0, 0.1) is 6.92 Å². The lowest BCUT2D eigenvalue weighted by molar-refractivity contribution is 0.0935. The molecule has 0 aliphatic carbocycles. The molecule has 2 aromatic carbocycles. The number of nitrogens with zero attached hydrogens (tertiary/aromatic N) is 1. The van der Waals surface area contributed by atoms with Crippen LogP contribution in [0.2, 0.25) is 5.02 Å². The first-order valence-corrected chi connectivity index (χ1v) is 10.6. The maximum absolute atomic E-state index is 13.2. The van der Waals surface area contributed by atoms with Crippen molar-refractivity contribution in [3.05, 3.63) is 64.7 Å². The fraction of sp³-hybridized carbons (Fsp3) is 0.278. The van der Waals surface area contributed by atoms with Crippen molar-refractivity contribution < 1.29 is 13.2 Å². The van der Waals surface area contributed by atoms with Crippen LogP contribution in [0.1, 0.15) is 15.9 Å². The molecular formula is C18H19Cl3N2O3S.